The lowest BCUT2D eigenvalue weighted by molar-refractivity contribution is -0.123. The predicted molar refractivity (Wildman–Crippen MR) is 87.5 cm³/mol. The molecule has 1 aliphatic carbocycles. The molecule has 0 unspecified atom stereocenters. The molecule has 1 amide bonds. The normalized spacial score (nSPS) is 20.1. The third kappa shape index (κ3) is 5.44. The minimum absolute atomic E-state index is 0.0600. The van der Waals surface area contributed by atoms with Gasteiger partial charge in [0.1, 0.15) is 0 Å². The molecule has 1 saturated carbocycles. The van der Waals surface area contributed by atoms with Crippen molar-refractivity contribution < 1.29 is 9.90 Å². The van der Waals surface area contributed by atoms with Crippen LogP contribution in [0.15, 0.2) is 17.5 Å². The summed E-state index contributed by atoms with van der Waals surface area (Å²) in [7, 11) is 0. The average Bonchev–Trinajstić information content (AvgIpc) is 2.94. The quantitative estimate of drug-likeness (QED) is 0.844. The zero-order valence-electron chi connectivity index (χ0n) is 13.2. The van der Waals surface area contributed by atoms with E-state index in [9.17, 15) is 9.90 Å². The first-order chi connectivity index (χ1) is 9.89. The van der Waals surface area contributed by atoms with Crippen LogP contribution >= 0.6 is 11.3 Å². The maximum atomic E-state index is 11.9. The van der Waals surface area contributed by atoms with Crippen molar-refractivity contribution in [3.63, 3.8) is 0 Å². The van der Waals surface area contributed by atoms with Crippen molar-refractivity contribution in [2.24, 2.45) is 5.41 Å². The third-order valence-corrected chi connectivity index (χ3v) is 5.49. The number of nitrogens with one attached hydrogen (secondary N) is 1. The molecule has 0 saturated heterocycles. The second kappa shape index (κ2) is 6.93. The number of hydrogen-bond donors (Lipinski definition) is 2. The lowest BCUT2D eigenvalue weighted by atomic mass is 9.71. The van der Waals surface area contributed by atoms with Crippen LogP contribution in [0.4, 0.5) is 0 Å². The van der Waals surface area contributed by atoms with Crippen LogP contribution in [-0.4, -0.2) is 23.2 Å². The highest BCUT2D eigenvalue weighted by atomic mass is 32.1. The summed E-state index contributed by atoms with van der Waals surface area (Å²) in [5.41, 5.74) is -0.365. The Kier molecular flexibility index (Phi) is 5.44. The van der Waals surface area contributed by atoms with Crippen LogP contribution in [0.1, 0.15) is 57.2 Å². The number of carbonyl (C=O) groups is 1. The highest BCUT2D eigenvalue weighted by Gasteiger charge is 2.36. The molecule has 3 nitrogen and oxygen atoms in total. The number of rotatable bonds is 6. The van der Waals surface area contributed by atoms with Crippen LogP contribution in [0.25, 0.3) is 0 Å². The summed E-state index contributed by atoms with van der Waals surface area (Å²) in [6, 6.07) is 4.15. The molecule has 0 aromatic carbocycles. The molecule has 118 valence electrons. The Balaban J connectivity index is 1.64. The molecular formula is C17H27NO2S. The van der Waals surface area contributed by atoms with Crippen molar-refractivity contribution in [3.05, 3.63) is 22.4 Å². The fraction of sp³-hybridized carbons (Fsp3) is 0.706. The summed E-state index contributed by atoms with van der Waals surface area (Å²) in [6.45, 7) is 4.90. The Morgan fingerprint density at radius 1 is 1.33 bits per heavy atom. The van der Waals surface area contributed by atoms with E-state index in [0.717, 1.165) is 38.5 Å². The Morgan fingerprint density at radius 3 is 2.67 bits per heavy atom. The highest BCUT2D eigenvalue weighted by Crippen LogP contribution is 2.39. The van der Waals surface area contributed by atoms with E-state index in [1.54, 1.807) is 11.3 Å². The number of amides is 1. The van der Waals surface area contributed by atoms with Crippen LogP contribution in [-0.2, 0) is 11.2 Å². The summed E-state index contributed by atoms with van der Waals surface area (Å²) in [4.78, 5) is 13.2. The monoisotopic (exact) mass is 309 g/mol. The van der Waals surface area contributed by atoms with Gasteiger partial charge in [0.15, 0.2) is 0 Å². The molecule has 4 heteroatoms. The molecule has 0 bridgehead atoms. The van der Waals surface area contributed by atoms with Crippen molar-refractivity contribution in [1.29, 1.82) is 0 Å². The van der Waals surface area contributed by atoms with Crippen LogP contribution in [0.2, 0.25) is 0 Å². The molecule has 1 aliphatic rings. The van der Waals surface area contributed by atoms with Gasteiger partial charge >= 0.3 is 0 Å². The first-order valence-corrected chi connectivity index (χ1v) is 8.78. The van der Waals surface area contributed by atoms with Crippen LogP contribution in [0.5, 0.6) is 0 Å². The molecular weight excluding hydrogens is 282 g/mol. The first-order valence-electron chi connectivity index (χ1n) is 7.90. The van der Waals surface area contributed by atoms with E-state index in [1.807, 2.05) is 6.07 Å². The SMILES string of the molecule is CC1(C)CCC(O)(CNC(=O)CCCc2cccs2)CC1. The largest absolute Gasteiger partial charge is 0.388 e. The molecule has 0 atom stereocenters. The van der Waals surface area contributed by atoms with Crippen LogP contribution in [0.3, 0.4) is 0 Å². The Labute approximate surface area is 131 Å². The van der Waals surface area contributed by atoms with Crippen molar-refractivity contribution in [3.8, 4) is 0 Å². The fourth-order valence-electron chi connectivity index (χ4n) is 2.80. The van der Waals surface area contributed by atoms with Gasteiger partial charge in [-0.2, -0.15) is 0 Å². The summed E-state index contributed by atoms with van der Waals surface area (Å²) in [5.74, 6) is 0.0600. The number of thiophene rings is 1. The second-order valence-electron chi connectivity index (χ2n) is 7.10. The third-order valence-electron chi connectivity index (χ3n) is 4.56. The zero-order chi connectivity index (χ0) is 15.3. The van der Waals surface area contributed by atoms with E-state index in [4.69, 9.17) is 0 Å². The van der Waals surface area contributed by atoms with E-state index >= 15 is 0 Å². The van der Waals surface area contributed by atoms with E-state index in [0.29, 0.717) is 18.4 Å². The standard InChI is InChI=1S/C17H27NO2S/c1-16(2)8-10-17(20,11-9-16)13-18-15(19)7-3-5-14-6-4-12-21-14/h4,6,12,20H,3,5,7-11,13H2,1-2H3,(H,18,19). The van der Waals surface area contributed by atoms with Gasteiger partial charge < -0.3 is 10.4 Å². The Hall–Kier alpha value is -0.870. The maximum absolute atomic E-state index is 11.9. The molecule has 1 aromatic rings. The van der Waals surface area contributed by atoms with Crippen LogP contribution < -0.4 is 5.32 Å². The van der Waals surface area contributed by atoms with E-state index < -0.39 is 5.60 Å². The molecule has 2 rings (SSSR count). The second-order valence-corrected chi connectivity index (χ2v) is 8.13. The molecule has 1 aromatic heterocycles. The molecule has 0 radical (unpaired) electrons. The zero-order valence-corrected chi connectivity index (χ0v) is 14.0. The number of carbonyl (C=O) groups excluding carboxylic acids is 1. The molecule has 1 fully saturated rings. The lowest BCUT2D eigenvalue weighted by Crippen LogP contribution is -2.46. The molecule has 1 heterocycles. The Bertz CT molecular complexity index is 443. The molecule has 2 N–H and O–H groups in total. The topological polar surface area (TPSA) is 49.3 Å². The maximum Gasteiger partial charge on any atom is 0.220 e. The predicted octanol–water partition coefficient (Wildman–Crippen LogP) is 3.52. The van der Waals surface area contributed by atoms with Gasteiger partial charge in [0.25, 0.3) is 0 Å². The van der Waals surface area contributed by atoms with Gasteiger partial charge in [-0.1, -0.05) is 19.9 Å². The number of hydrogen-bond acceptors (Lipinski definition) is 3. The van der Waals surface area contributed by atoms with Crippen LogP contribution in [0, 0.1) is 5.41 Å². The van der Waals surface area contributed by atoms with Crippen molar-refractivity contribution in [2.45, 2.75) is 64.4 Å². The fourth-order valence-corrected chi connectivity index (χ4v) is 3.55. The molecule has 0 aliphatic heterocycles. The Morgan fingerprint density at radius 2 is 2.05 bits per heavy atom. The van der Waals surface area contributed by atoms with Gasteiger partial charge in [-0.15, -0.1) is 11.3 Å². The number of aryl methyl sites for hydroxylation is 1. The van der Waals surface area contributed by atoms with E-state index in [1.165, 1.54) is 4.88 Å². The minimum Gasteiger partial charge on any atom is -0.388 e. The van der Waals surface area contributed by atoms with Gasteiger partial charge in [0, 0.05) is 17.8 Å². The van der Waals surface area contributed by atoms with Gasteiger partial charge in [-0.3, -0.25) is 4.79 Å². The highest BCUT2D eigenvalue weighted by molar-refractivity contribution is 7.09. The lowest BCUT2D eigenvalue weighted by Gasteiger charge is -2.40. The van der Waals surface area contributed by atoms with E-state index in [2.05, 4.69) is 30.6 Å². The van der Waals surface area contributed by atoms with Crippen molar-refractivity contribution in [2.75, 3.05) is 6.54 Å². The van der Waals surface area contributed by atoms with Gasteiger partial charge in [0.2, 0.25) is 5.91 Å². The first kappa shape index (κ1) is 16.5. The summed E-state index contributed by atoms with van der Waals surface area (Å²) >= 11 is 1.74. The van der Waals surface area contributed by atoms with Gasteiger partial charge in [-0.05, 0) is 55.4 Å². The smallest absolute Gasteiger partial charge is 0.220 e. The average molecular weight is 309 g/mol. The van der Waals surface area contributed by atoms with Gasteiger partial charge in [0.05, 0.1) is 5.60 Å². The summed E-state index contributed by atoms with van der Waals surface area (Å²) in [6.07, 6.45) is 6.00. The van der Waals surface area contributed by atoms with Gasteiger partial charge in [-0.25, -0.2) is 0 Å². The summed E-state index contributed by atoms with van der Waals surface area (Å²) < 4.78 is 0. The minimum atomic E-state index is -0.696. The number of aliphatic hydroxyl groups is 1. The molecule has 21 heavy (non-hydrogen) atoms. The summed E-state index contributed by atoms with van der Waals surface area (Å²) in [5, 5.41) is 15.5. The van der Waals surface area contributed by atoms with Crippen molar-refractivity contribution in [1.82, 2.24) is 5.32 Å². The van der Waals surface area contributed by atoms with Crippen molar-refractivity contribution >= 4 is 17.2 Å². The molecule has 0 spiro atoms. The van der Waals surface area contributed by atoms with E-state index in [-0.39, 0.29) is 5.91 Å².